The van der Waals surface area contributed by atoms with Crippen LogP contribution in [0.1, 0.15) is 11.1 Å². The molecule has 88 valence electrons. The van der Waals surface area contributed by atoms with Gasteiger partial charge in [-0.1, -0.05) is 34.1 Å². The molecule has 0 aliphatic rings. The van der Waals surface area contributed by atoms with Gasteiger partial charge in [0.25, 0.3) is 0 Å². The molecule has 0 spiro atoms. The highest BCUT2D eigenvalue weighted by atomic mass is 79.9. The van der Waals surface area contributed by atoms with Crippen molar-refractivity contribution in [1.29, 1.82) is 0 Å². The normalized spacial score (nSPS) is 10.2. The third-order valence-electron chi connectivity index (χ3n) is 2.63. The number of hydrogen-bond donors (Lipinski definition) is 2. The van der Waals surface area contributed by atoms with Gasteiger partial charge >= 0.3 is 0 Å². The van der Waals surface area contributed by atoms with Crippen LogP contribution in [0.4, 0.5) is 5.69 Å². The molecule has 0 amide bonds. The number of halogens is 1. The molecular formula is C14H14BrNO. The molecule has 2 aromatic carbocycles. The molecule has 2 rings (SSSR count). The summed E-state index contributed by atoms with van der Waals surface area (Å²) in [6.45, 7) is 2.67. The van der Waals surface area contributed by atoms with Gasteiger partial charge in [0.15, 0.2) is 0 Å². The van der Waals surface area contributed by atoms with Crippen LogP contribution in [0.25, 0.3) is 0 Å². The fraction of sp³-hybridized carbons (Fsp3) is 0.143. The molecule has 0 radical (unpaired) electrons. The van der Waals surface area contributed by atoms with Crippen LogP contribution in [0.2, 0.25) is 0 Å². The number of benzene rings is 2. The van der Waals surface area contributed by atoms with Crippen molar-refractivity contribution in [2.24, 2.45) is 0 Å². The summed E-state index contributed by atoms with van der Waals surface area (Å²) in [5.74, 6) is 0.328. The molecule has 0 aliphatic heterocycles. The summed E-state index contributed by atoms with van der Waals surface area (Å²) in [6.07, 6.45) is 0. The molecule has 0 heterocycles. The van der Waals surface area contributed by atoms with E-state index in [0.29, 0.717) is 12.3 Å². The predicted molar refractivity (Wildman–Crippen MR) is 74.3 cm³/mol. The summed E-state index contributed by atoms with van der Waals surface area (Å²) in [6, 6.07) is 13.5. The van der Waals surface area contributed by atoms with Gasteiger partial charge < -0.3 is 10.4 Å². The first-order valence-electron chi connectivity index (χ1n) is 5.44. The SMILES string of the molecule is Cc1cc(NCc2ccccc2O)ccc1Br. The van der Waals surface area contributed by atoms with Crippen molar-refractivity contribution in [3.8, 4) is 5.75 Å². The lowest BCUT2D eigenvalue weighted by Gasteiger charge is -2.09. The van der Waals surface area contributed by atoms with E-state index in [-0.39, 0.29) is 0 Å². The number of hydrogen-bond acceptors (Lipinski definition) is 2. The first-order chi connectivity index (χ1) is 8.16. The Morgan fingerprint density at radius 2 is 1.94 bits per heavy atom. The van der Waals surface area contributed by atoms with E-state index in [9.17, 15) is 5.11 Å². The lowest BCUT2D eigenvalue weighted by Crippen LogP contribution is -1.99. The Morgan fingerprint density at radius 1 is 1.18 bits per heavy atom. The van der Waals surface area contributed by atoms with Crippen molar-refractivity contribution >= 4 is 21.6 Å². The minimum absolute atomic E-state index is 0.328. The Hall–Kier alpha value is -1.48. The Morgan fingerprint density at radius 3 is 2.65 bits per heavy atom. The Balaban J connectivity index is 2.08. The minimum atomic E-state index is 0.328. The number of rotatable bonds is 3. The number of anilines is 1. The summed E-state index contributed by atoms with van der Waals surface area (Å²) < 4.78 is 1.10. The summed E-state index contributed by atoms with van der Waals surface area (Å²) >= 11 is 3.47. The summed E-state index contributed by atoms with van der Waals surface area (Å²) in [7, 11) is 0. The minimum Gasteiger partial charge on any atom is -0.508 e. The maximum atomic E-state index is 9.64. The van der Waals surface area contributed by atoms with Crippen LogP contribution >= 0.6 is 15.9 Å². The van der Waals surface area contributed by atoms with Gasteiger partial charge in [-0.3, -0.25) is 0 Å². The van der Waals surface area contributed by atoms with Gasteiger partial charge in [0, 0.05) is 22.3 Å². The lowest BCUT2D eigenvalue weighted by atomic mass is 10.2. The van der Waals surface area contributed by atoms with Crippen molar-refractivity contribution < 1.29 is 5.11 Å². The zero-order valence-corrected chi connectivity index (χ0v) is 11.2. The second-order valence-electron chi connectivity index (χ2n) is 3.95. The van der Waals surface area contributed by atoms with Crippen LogP contribution in [0.5, 0.6) is 5.75 Å². The summed E-state index contributed by atoms with van der Waals surface area (Å²) in [5.41, 5.74) is 3.13. The van der Waals surface area contributed by atoms with Gasteiger partial charge in [0.2, 0.25) is 0 Å². The standard InChI is InChI=1S/C14H14BrNO/c1-10-8-12(6-7-13(10)15)16-9-11-4-2-3-5-14(11)17/h2-8,16-17H,9H2,1H3. The van der Waals surface area contributed by atoms with E-state index < -0.39 is 0 Å². The van der Waals surface area contributed by atoms with Crippen LogP contribution in [-0.2, 0) is 6.54 Å². The summed E-state index contributed by atoms with van der Waals surface area (Å²) in [5, 5.41) is 12.9. The third kappa shape index (κ3) is 3.01. The second kappa shape index (κ2) is 5.23. The molecule has 2 aromatic rings. The lowest BCUT2D eigenvalue weighted by molar-refractivity contribution is 0.469. The smallest absolute Gasteiger partial charge is 0.120 e. The topological polar surface area (TPSA) is 32.3 Å². The van der Waals surface area contributed by atoms with E-state index in [2.05, 4.69) is 34.2 Å². The number of aromatic hydroxyl groups is 1. The van der Waals surface area contributed by atoms with Gasteiger partial charge in [0.1, 0.15) is 5.75 Å². The molecule has 17 heavy (non-hydrogen) atoms. The number of nitrogens with one attached hydrogen (secondary N) is 1. The molecule has 0 aliphatic carbocycles. The molecule has 2 N–H and O–H groups in total. The van der Waals surface area contributed by atoms with Gasteiger partial charge in [-0.15, -0.1) is 0 Å². The van der Waals surface area contributed by atoms with Crippen LogP contribution in [0, 0.1) is 6.92 Å². The molecule has 0 fully saturated rings. The van der Waals surface area contributed by atoms with Gasteiger partial charge in [-0.2, -0.15) is 0 Å². The summed E-state index contributed by atoms with van der Waals surface area (Å²) in [4.78, 5) is 0. The highest BCUT2D eigenvalue weighted by molar-refractivity contribution is 9.10. The molecule has 0 atom stereocenters. The van der Waals surface area contributed by atoms with Crippen molar-refractivity contribution in [3.63, 3.8) is 0 Å². The van der Waals surface area contributed by atoms with Gasteiger partial charge in [0.05, 0.1) is 0 Å². The average molecular weight is 292 g/mol. The Kier molecular flexibility index (Phi) is 3.69. The maximum Gasteiger partial charge on any atom is 0.120 e. The zero-order valence-electron chi connectivity index (χ0n) is 9.57. The molecule has 0 saturated heterocycles. The average Bonchev–Trinajstić information content (AvgIpc) is 2.32. The van der Waals surface area contributed by atoms with Crippen molar-refractivity contribution in [3.05, 3.63) is 58.1 Å². The second-order valence-corrected chi connectivity index (χ2v) is 4.80. The number of phenols is 1. The van der Waals surface area contributed by atoms with E-state index >= 15 is 0 Å². The molecule has 0 saturated carbocycles. The van der Waals surface area contributed by atoms with E-state index in [1.165, 1.54) is 5.56 Å². The maximum absolute atomic E-state index is 9.64. The third-order valence-corrected chi connectivity index (χ3v) is 3.52. The predicted octanol–water partition coefficient (Wildman–Crippen LogP) is 4.08. The highest BCUT2D eigenvalue weighted by Gasteiger charge is 2.00. The largest absolute Gasteiger partial charge is 0.508 e. The molecule has 0 unspecified atom stereocenters. The van der Waals surface area contributed by atoms with Crippen molar-refractivity contribution in [1.82, 2.24) is 0 Å². The first-order valence-corrected chi connectivity index (χ1v) is 6.23. The fourth-order valence-corrected chi connectivity index (χ4v) is 1.86. The van der Waals surface area contributed by atoms with Crippen LogP contribution in [0.15, 0.2) is 46.9 Å². The van der Waals surface area contributed by atoms with E-state index in [0.717, 1.165) is 15.7 Å². The molecule has 0 aromatic heterocycles. The molecule has 2 nitrogen and oxygen atoms in total. The zero-order chi connectivity index (χ0) is 12.3. The highest BCUT2D eigenvalue weighted by Crippen LogP contribution is 2.22. The van der Waals surface area contributed by atoms with E-state index in [1.54, 1.807) is 6.07 Å². The fourth-order valence-electron chi connectivity index (χ4n) is 1.61. The van der Waals surface area contributed by atoms with Gasteiger partial charge in [-0.25, -0.2) is 0 Å². The first kappa shape index (κ1) is 12.0. The molecular weight excluding hydrogens is 278 g/mol. The van der Waals surface area contributed by atoms with Gasteiger partial charge in [-0.05, 0) is 36.8 Å². The number of phenolic OH excluding ortho intramolecular Hbond substituents is 1. The molecule has 3 heteroatoms. The monoisotopic (exact) mass is 291 g/mol. The molecule has 0 bridgehead atoms. The van der Waals surface area contributed by atoms with Crippen molar-refractivity contribution in [2.75, 3.05) is 5.32 Å². The van der Waals surface area contributed by atoms with Crippen LogP contribution < -0.4 is 5.32 Å². The Labute approximate surface area is 109 Å². The van der Waals surface area contributed by atoms with E-state index in [4.69, 9.17) is 0 Å². The van der Waals surface area contributed by atoms with Crippen LogP contribution in [0.3, 0.4) is 0 Å². The quantitative estimate of drug-likeness (QED) is 0.893. The number of para-hydroxylation sites is 1. The Bertz CT molecular complexity index is 525. The van der Waals surface area contributed by atoms with E-state index in [1.807, 2.05) is 30.3 Å². The number of aryl methyl sites for hydroxylation is 1. The van der Waals surface area contributed by atoms with Crippen molar-refractivity contribution in [2.45, 2.75) is 13.5 Å². The van der Waals surface area contributed by atoms with Crippen LogP contribution in [-0.4, -0.2) is 5.11 Å².